The van der Waals surface area contributed by atoms with E-state index in [-0.39, 0.29) is 5.28 Å². The van der Waals surface area contributed by atoms with Crippen molar-refractivity contribution in [3.63, 3.8) is 0 Å². The Bertz CT molecular complexity index is 2220. The fraction of sp³-hybridized carbons (Fsp3) is 0. The lowest BCUT2D eigenvalue weighted by Gasteiger charge is -2.13. The number of halogens is 1. The number of benzene rings is 7. The number of aromatic nitrogens is 3. The quantitative estimate of drug-likeness (QED) is 0.214. The highest BCUT2D eigenvalue weighted by molar-refractivity contribution is 6.28. The number of nitrogens with zero attached hydrogens (tertiary/aromatic N) is 3. The van der Waals surface area contributed by atoms with Crippen LogP contribution in [-0.2, 0) is 0 Å². The summed E-state index contributed by atoms with van der Waals surface area (Å²) < 4.78 is 0. The van der Waals surface area contributed by atoms with E-state index in [1.54, 1.807) is 0 Å². The Morgan fingerprint density at radius 3 is 1.54 bits per heavy atom. The van der Waals surface area contributed by atoms with Crippen molar-refractivity contribution in [2.75, 3.05) is 0 Å². The second kappa shape index (κ2) is 8.59. The molecule has 8 aromatic rings. The van der Waals surface area contributed by atoms with Crippen LogP contribution in [0.3, 0.4) is 0 Å². The minimum Gasteiger partial charge on any atom is -0.208 e. The lowest BCUT2D eigenvalue weighted by molar-refractivity contribution is 1.07. The van der Waals surface area contributed by atoms with E-state index in [1.807, 2.05) is 6.07 Å². The highest BCUT2D eigenvalue weighted by Crippen LogP contribution is 2.38. The van der Waals surface area contributed by atoms with Crippen molar-refractivity contribution < 1.29 is 0 Å². The molecule has 4 heteroatoms. The third kappa shape index (κ3) is 3.48. The molecule has 7 aromatic carbocycles. The van der Waals surface area contributed by atoms with Gasteiger partial charge in [0.05, 0.1) is 0 Å². The number of hydrogen-bond donors (Lipinski definition) is 0. The summed E-state index contributed by atoms with van der Waals surface area (Å²) in [5, 5.41) is 12.0. The molecule has 0 fully saturated rings. The molecule has 39 heavy (non-hydrogen) atoms. The van der Waals surface area contributed by atoms with Crippen molar-refractivity contribution in [3.8, 4) is 22.8 Å². The molecular formula is C35H20ClN3. The van der Waals surface area contributed by atoms with E-state index >= 15 is 0 Å². The van der Waals surface area contributed by atoms with Crippen molar-refractivity contribution in [2.45, 2.75) is 0 Å². The van der Waals surface area contributed by atoms with Gasteiger partial charge in [-0.25, -0.2) is 4.98 Å². The van der Waals surface area contributed by atoms with Crippen LogP contribution >= 0.6 is 11.6 Å². The van der Waals surface area contributed by atoms with Crippen LogP contribution in [0.15, 0.2) is 121 Å². The number of hydrogen-bond acceptors (Lipinski definition) is 3. The standard InChI is InChI=1S/C35H20ClN3/c36-35-38-33(37-34(39-35)32-19-21-9-1-2-10-23(21)24-11-3-8-16-29(24)32)22-17-18-30-27-14-5-4-12-25(27)26-13-6-7-15-28(26)31(30)20-22/h1-20H. The van der Waals surface area contributed by atoms with Crippen LogP contribution in [0, 0.1) is 0 Å². The van der Waals surface area contributed by atoms with Crippen molar-refractivity contribution in [1.29, 1.82) is 0 Å². The maximum atomic E-state index is 6.55. The predicted molar refractivity (Wildman–Crippen MR) is 163 cm³/mol. The maximum absolute atomic E-state index is 6.55. The minimum atomic E-state index is 0.177. The van der Waals surface area contributed by atoms with Crippen molar-refractivity contribution >= 4 is 65.5 Å². The average Bonchev–Trinajstić information content (AvgIpc) is 3.00. The zero-order valence-electron chi connectivity index (χ0n) is 20.8. The summed E-state index contributed by atoms with van der Waals surface area (Å²) in [5.74, 6) is 1.12. The second-order valence-electron chi connectivity index (χ2n) is 9.79. The fourth-order valence-electron chi connectivity index (χ4n) is 5.89. The molecule has 0 atom stereocenters. The fourth-order valence-corrected chi connectivity index (χ4v) is 6.05. The van der Waals surface area contributed by atoms with Gasteiger partial charge in [-0.1, -0.05) is 109 Å². The first kappa shape index (κ1) is 22.2. The molecule has 0 radical (unpaired) electrons. The van der Waals surface area contributed by atoms with Gasteiger partial charge < -0.3 is 0 Å². The van der Waals surface area contributed by atoms with Gasteiger partial charge in [0, 0.05) is 11.1 Å². The van der Waals surface area contributed by atoms with Gasteiger partial charge in [-0.2, -0.15) is 9.97 Å². The van der Waals surface area contributed by atoms with Crippen LogP contribution in [0.5, 0.6) is 0 Å². The lowest BCUT2D eigenvalue weighted by atomic mass is 9.93. The highest BCUT2D eigenvalue weighted by atomic mass is 35.5. The Kier molecular flexibility index (Phi) is 4.88. The molecule has 1 aromatic heterocycles. The molecule has 1 heterocycles. The second-order valence-corrected chi connectivity index (χ2v) is 10.1. The molecule has 8 rings (SSSR count). The minimum absolute atomic E-state index is 0.177. The molecule has 0 unspecified atom stereocenters. The lowest BCUT2D eigenvalue weighted by Crippen LogP contribution is -1.98. The topological polar surface area (TPSA) is 38.7 Å². The molecule has 0 N–H and O–H groups in total. The Labute approximate surface area is 229 Å². The molecule has 0 bridgehead atoms. The van der Waals surface area contributed by atoms with Gasteiger partial charge in [0.2, 0.25) is 5.28 Å². The van der Waals surface area contributed by atoms with Crippen LogP contribution in [0.2, 0.25) is 5.28 Å². The smallest absolute Gasteiger partial charge is 0.208 e. The number of fused-ring (bicyclic) bond motifs is 9. The van der Waals surface area contributed by atoms with E-state index in [4.69, 9.17) is 16.6 Å². The summed E-state index contributed by atoms with van der Waals surface area (Å²) in [6.07, 6.45) is 0. The third-order valence-electron chi connectivity index (χ3n) is 7.62. The molecule has 0 aliphatic carbocycles. The van der Waals surface area contributed by atoms with E-state index in [0.29, 0.717) is 11.6 Å². The molecule has 3 nitrogen and oxygen atoms in total. The molecule has 0 aliphatic rings. The van der Waals surface area contributed by atoms with Gasteiger partial charge in [0.1, 0.15) is 0 Å². The monoisotopic (exact) mass is 517 g/mol. The van der Waals surface area contributed by atoms with Crippen molar-refractivity contribution in [3.05, 3.63) is 127 Å². The van der Waals surface area contributed by atoms with E-state index in [0.717, 1.165) is 32.7 Å². The summed E-state index contributed by atoms with van der Waals surface area (Å²) >= 11 is 6.55. The van der Waals surface area contributed by atoms with Gasteiger partial charge in [0.25, 0.3) is 0 Å². The number of rotatable bonds is 2. The van der Waals surface area contributed by atoms with Crippen LogP contribution in [0.25, 0.3) is 76.6 Å². The van der Waals surface area contributed by atoms with E-state index in [9.17, 15) is 0 Å². The molecule has 0 amide bonds. The first-order valence-electron chi connectivity index (χ1n) is 12.9. The predicted octanol–water partition coefficient (Wildman–Crippen LogP) is 9.62. The van der Waals surface area contributed by atoms with Crippen LogP contribution in [0.4, 0.5) is 0 Å². The van der Waals surface area contributed by atoms with Crippen molar-refractivity contribution in [2.24, 2.45) is 0 Å². The zero-order valence-corrected chi connectivity index (χ0v) is 21.5. The highest BCUT2D eigenvalue weighted by Gasteiger charge is 2.15. The summed E-state index contributed by atoms with van der Waals surface area (Å²) in [5.41, 5.74) is 1.84. The Hall–Kier alpha value is -4.86. The van der Waals surface area contributed by atoms with Crippen LogP contribution in [0.1, 0.15) is 0 Å². The Balaban J connectivity index is 1.38. The van der Waals surface area contributed by atoms with Gasteiger partial charge in [-0.05, 0) is 77.6 Å². The zero-order chi connectivity index (χ0) is 25.9. The molecule has 0 aliphatic heterocycles. The largest absolute Gasteiger partial charge is 0.226 e. The van der Waals surface area contributed by atoms with Crippen molar-refractivity contribution in [1.82, 2.24) is 15.0 Å². The third-order valence-corrected chi connectivity index (χ3v) is 7.79. The normalized spacial score (nSPS) is 11.7. The van der Waals surface area contributed by atoms with Gasteiger partial charge in [0.15, 0.2) is 11.6 Å². The molecule has 0 saturated carbocycles. The summed E-state index contributed by atoms with van der Waals surface area (Å²) in [7, 11) is 0. The van der Waals surface area contributed by atoms with Crippen LogP contribution in [-0.4, -0.2) is 15.0 Å². The first-order chi connectivity index (χ1) is 19.2. The maximum Gasteiger partial charge on any atom is 0.226 e. The van der Waals surface area contributed by atoms with Gasteiger partial charge >= 0.3 is 0 Å². The van der Waals surface area contributed by atoms with E-state index in [1.165, 1.54) is 32.3 Å². The molecule has 0 spiro atoms. The summed E-state index contributed by atoms with van der Waals surface area (Å²) in [6.45, 7) is 0. The Morgan fingerprint density at radius 2 is 0.872 bits per heavy atom. The summed E-state index contributed by atoms with van der Waals surface area (Å²) in [6, 6.07) is 42.4. The van der Waals surface area contributed by atoms with Gasteiger partial charge in [-0.3, -0.25) is 0 Å². The molecular weight excluding hydrogens is 498 g/mol. The average molecular weight is 518 g/mol. The summed E-state index contributed by atoms with van der Waals surface area (Å²) in [4.78, 5) is 14.1. The Morgan fingerprint density at radius 1 is 0.385 bits per heavy atom. The van der Waals surface area contributed by atoms with E-state index < -0.39 is 0 Å². The SMILES string of the molecule is Clc1nc(-c2ccc3c4ccccc4c4ccccc4c3c2)nc(-c2cc3ccccc3c3ccccc23)n1. The van der Waals surface area contributed by atoms with E-state index in [2.05, 4.69) is 125 Å². The van der Waals surface area contributed by atoms with Crippen LogP contribution < -0.4 is 0 Å². The molecule has 0 saturated heterocycles. The first-order valence-corrected chi connectivity index (χ1v) is 13.3. The van der Waals surface area contributed by atoms with Gasteiger partial charge in [-0.15, -0.1) is 0 Å². The molecule has 182 valence electrons.